The molecule has 1 aliphatic heterocycles. The SMILES string of the molecule is CC(C)CC(=O)N1CCN(c2ccc(NC(=O)C3CCC3)cc2C(=O)N(C)Cc2ccccc2)CC1. The number of rotatable bonds is 8. The Morgan fingerprint density at radius 1 is 1.00 bits per heavy atom. The van der Waals surface area contributed by atoms with Gasteiger partial charge >= 0.3 is 0 Å². The highest BCUT2D eigenvalue weighted by molar-refractivity contribution is 6.02. The third kappa shape index (κ3) is 6.25. The van der Waals surface area contributed by atoms with E-state index in [1.165, 1.54) is 0 Å². The largest absolute Gasteiger partial charge is 0.367 e. The van der Waals surface area contributed by atoms with Crippen molar-refractivity contribution in [1.82, 2.24) is 9.80 Å². The molecule has 7 nitrogen and oxygen atoms in total. The van der Waals surface area contributed by atoms with Crippen LogP contribution in [0, 0.1) is 11.8 Å². The van der Waals surface area contributed by atoms with Crippen molar-refractivity contribution in [3.63, 3.8) is 0 Å². The van der Waals surface area contributed by atoms with Crippen molar-refractivity contribution in [2.24, 2.45) is 11.8 Å². The van der Waals surface area contributed by atoms with Crippen molar-refractivity contribution in [3.8, 4) is 0 Å². The molecule has 0 spiro atoms. The highest BCUT2D eigenvalue weighted by atomic mass is 16.2. The molecule has 3 amide bonds. The van der Waals surface area contributed by atoms with E-state index in [9.17, 15) is 14.4 Å². The first-order valence-corrected chi connectivity index (χ1v) is 13.1. The van der Waals surface area contributed by atoms with Crippen LogP contribution in [0.2, 0.25) is 0 Å². The van der Waals surface area contributed by atoms with Crippen LogP contribution >= 0.6 is 0 Å². The summed E-state index contributed by atoms with van der Waals surface area (Å²) in [6, 6.07) is 15.5. The fourth-order valence-electron chi connectivity index (χ4n) is 4.79. The number of carbonyl (C=O) groups is 3. The van der Waals surface area contributed by atoms with E-state index in [-0.39, 0.29) is 23.6 Å². The van der Waals surface area contributed by atoms with Gasteiger partial charge in [-0.2, -0.15) is 0 Å². The molecule has 0 unspecified atom stereocenters. The lowest BCUT2D eigenvalue weighted by Crippen LogP contribution is -2.49. The molecule has 1 N–H and O–H groups in total. The Balaban J connectivity index is 1.53. The van der Waals surface area contributed by atoms with Gasteiger partial charge in [-0.05, 0) is 42.5 Å². The predicted molar refractivity (Wildman–Crippen MR) is 143 cm³/mol. The maximum absolute atomic E-state index is 13.7. The summed E-state index contributed by atoms with van der Waals surface area (Å²) in [6.45, 7) is 7.22. The number of carbonyl (C=O) groups excluding carboxylic acids is 3. The Morgan fingerprint density at radius 3 is 2.31 bits per heavy atom. The second kappa shape index (κ2) is 11.6. The Kier molecular flexibility index (Phi) is 8.28. The second-order valence-corrected chi connectivity index (χ2v) is 10.5. The van der Waals surface area contributed by atoms with Gasteiger partial charge < -0.3 is 20.0 Å². The van der Waals surface area contributed by atoms with Crippen LogP contribution in [-0.4, -0.2) is 60.7 Å². The topological polar surface area (TPSA) is 73.0 Å². The third-order valence-corrected chi connectivity index (χ3v) is 7.14. The van der Waals surface area contributed by atoms with Gasteiger partial charge in [0.2, 0.25) is 11.8 Å². The van der Waals surface area contributed by atoms with Gasteiger partial charge in [-0.1, -0.05) is 50.6 Å². The monoisotopic (exact) mass is 490 g/mol. The number of nitrogens with one attached hydrogen (secondary N) is 1. The van der Waals surface area contributed by atoms with E-state index >= 15 is 0 Å². The Labute approximate surface area is 214 Å². The number of benzene rings is 2. The molecule has 7 heteroatoms. The molecular weight excluding hydrogens is 452 g/mol. The highest BCUT2D eigenvalue weighted by Gasteiger charge is 2.28. The van der Waals surface area contributed by atoms with Crippen molar-refractivity contribution < 1.29 is 14.4 Å². The summed E-state index contributed by atoms with van der Waals surface area (Å²) in [5.41, 5.74) is 3.12. The summed E-state index contributed by atoms with van der Waals surface area (Å²) in [4.78, 5) is 44.6. The number of piperazine rings is 1. The van der Waals surface area contributed by atoms with E-state index in [0.717, 1.165) is 30.5 Å². The lowest BCUT2D eigenvalue weighted by molar-refractivity contribution is -0.132. The van der Waals surface area contributed by atoms with Gasteiger partial charge in [-0.25, -0.2) is 0 Å². The van der Waals surface area contributed by atoms with Crippen LogP contribution in [0.5, 0.6) is 0 Å². The van der Waals surface area contributed by atoms with Crippen molar-refractivity contribution in [2.45, 2.75) is 46.1 Å². The molecule has 1 aliphatic carbocycles. The quantitative estimate of drug-likeness (QED) is 0.596. The maximum atomic E-state index is 13.7. The number of hydrogen-bond donors (Lipinski definition) is 1. The van der Waals surface area contributed by atoms with E-state index in [4.69, 9.17) is 0 Å². The van der Waals surface area contributed by atoms with E-state index in [1.807, 2.05) is 53.4 Å². The molecule has 192 valence electrons. The van der Waals surface area contributed by atoms with Crippen LogP contribution in [0.15, 0.2) is 48.5 Å². The van der Waals surface area contributed by atoms with Crippen molar-refractivity contribution in [2.75, 3.05) is 43.4 Å². The van der Waals surface area contributed by atoms with Gasteiger partial charge in [0.25, 0.3) is 5.91 Å². The molecule has 1 heterocycles. The Hall–Kier alpha value is -3.35. The van der Waals surface area contributed by atoms with Crippen LogP contribution in [0.1, 0.15) is 55.5 Å². The van der Waals surface area contributed by atoms with Gasteiger partial charge in [0.15, 0.2) is 0 Å². The van der Waals surface area contributed by atoms with Crippen molar-refractivity contribution in [3.05, 3.63) is 59.7 Å². The third-order valence-electron chi connectivity index (χ3n) is 7.14. The zero-order valence-electron chi connectivity index (χ0n) is 21.7. The standard InChI is InChI=1S/C29H38N4O3/c1-21(2)18-27(34)33-16-14-32(15-17-33)26-13-12-24(30-28(35)23-10-7-11-23)19-25(26)29(36)31(3)20-22-8-5-4-6-9-22/h4-6,8-9,12-13,19,21,23H,7,10-11,14-18,20H2,1-3H3,(H,30,35). The number of hydrogen-bond acceptors (Lipinski definition) is 4. The smallest absolute Gasteiger partial charge is 0.256 e. The van der Waals surface area contributed by atoms with Crippen molar-refractivity contribution in [1.29, 1.82) is 0 Å². The zero-order valence-corrected chi connectivity index (χ0v) is 21.7. The molecule has 0 aromatic heterocycles. The normalized spacial score (nSPS) is 16.0. The summed E-state index contributed by atoms with van der Waals surface area (Å²) in [7, 11) is 1.81. The maximum Gasteiger partial charge on any atom is 0.256 e. The van der Waals surface area contributed by atoms with Crippen LogP contribution in [0.25, 0.3) is 0 Å². The summed E-state index contributed by atoms with van der Waals surface area (Å²) in [5.74, 6) is 0.537. The highest BCUT2D eigenvalue weighted by Crippen LogP contribution is 2.30. The molecule has 0 atom stereocenters. The average molecular weight is 491 g/mol. The van der Waals surface area contributed by atoms with E-state index in [0.29, 0.717) is 56.3 Å². The molecular formula is C29H38N4O3. The summed E-state index contributed by atoms with van der Waals surface area (Å²) >= 11 is 0. The van der Waals surface area contributed by atoms with E-state index in [2.05, 4.69) is 24.1 Å². The molecule has 1 saturated heterocycles. The number of anilines is 2. The first-order valence-electron chi connectivity index (χ1n) is 13.1. The molecule has 2 aromatic carbocycles. The molecule has 2 aliphatic rings. The molecule has 4 rings (SSSR count). The molecule has 1 saturated carbocycles. The van der Waals surface area contributed by atoms with Gasteiger partial charge in [-0.15, -0.1) is 0 Å². The van der Waals surface area contributed by atoms with Gasteiger partial charge in [0, 0.05) is 63.5 Å². The summed E-state index contributed by atoms with van der Waals surface area (Å²) in [6.07, 6.45) is 3.50. The van der Waals surface area contributed by atoms with E-state index < -0.39 is 0 Å². The second-order valence-electron chi connectivity index (χ2n) is 10.5. The molecule has 0 bridgehead atoms. The number of nitrogens with zero attached hydrogens (tertiary/aromatic N) is 3. The minimum Gasteiger partial charge on any atom is -0.367 e. The van der Waals surface area contributed by atoms with Crippen LogP contribution in [0.3, 0.4) is 0 Å². The lowest BCUT2D eigenvalue weighted by Gasteiger charge is -2.37. The fourth-order valence-corrected chi connectivity index (χ4v) is 4.79. The van der Waals surface area contributed by atoms with E-state index in [1.54, 1.807) is 11.9 Å². The first-order chi connectivity index (χ1) is 17.3. The Morgan fingerprint density at radius 2 is 1.69 bits per heavy atom. The van der Waals surface area contributed by atoms with Crippen LogP contribution in [0.4, 0.5) is 11.4 Å². The first kappa shape index (κ1) is 25.7. The average Bonchev–Trinajstić information content (AvgIpc) is 2.82. The van der Waals surface area contributed by atoms with Gasteiger partial charge in [0.05, 0.1) is 5.56 Å². The summed E-state index contributed by atoms with van der Waals surface area (Å²) < 4.78 is 0. The molecule has 2 aromatic rings. The Bertz CT molecular complexity index is 1070. The minimum atomic E-state index is -0.0908. The minimum absolute atomic E-state index is 0.0299. The molecule has 0 radical (unpaired) electrons. The van der Waals surface area contributed by atoms with Crippen molar-refractivity contribution >= 4 is 29.1 Å². The zero-order chi connectivity index (χ0) is 25.7. The number of amides is 3. The predicted octanol–water partition coefficient (Wildman–Crippen LogP) is 4.39. The van der Waals surface area contributed by atoms with Crippen LogP contribution in [-0.2, 0) is 16.1 Å². The lowest BCUT2D eigenvalue weighted by atomic mass is 9.85. The van der Waals surface area contributed by atoms with Gasteiger partial charge in [0.1, 0.15) is 0 Å². The van der Waals surface area contributed by atoms with Gasteiger partial charge in [-0.3, -0.25) is 14.4 Å². The molecule has 2 fully saturated rings. The van der Waals surface area contributed by atoms with Crippen LogP contribution < -0.4 is 10.2 Å². The summed E-state index contributed by atoms with van der Waals surface area (Å²) in [5, 5.41) is 3.02. The molecule has 36 heavy (non-hydrogen) atoms. The fraction of sp³-hybridized carbons (Fsp3) is 0.483.